The number of nitrogens with one attached hydrogen (secondary N) is 1. The van der Waals surface area contributed by atoms with E-state index in [1.54, 1.807) is 81.8 Å². The molecular weight excluding hydrogens is 380 g/mol. The van der Waals surface area contributed by atoms with Crippen molar-refractivity contribution in [1.82, 2.24) is 5.43 Å². The Morgan fingerprint density at radius 2 is 1.40 bits per heavy atom. The van der Waals surface area contributed by atoms with Crippen molar-refractivity contribution in [3.63, 3.8) is 0 Å². The zero-order chi connectivity index (χ0) is 21.6. The second-order valence-corrected chi connectivity index (χ2v) is 6.65. The zero-order valence-corrected chi connectivity index (χ0v) is 17.1. The number of hydrogen-bond donors (Lipinski definition) is 2. The average molecular weight is 404 g/mol. The van der Waals surface area contributed by atoms with Crippen LogP contribution in [0.2, 0.25) is 0 Å². The summed E-state index contributed by atoms with van der Waals surface area (Å²) in [5.41, 5.74) is 2.82. The summed E-state index contributed by atoms with van der Waals surface area (Å²) < 4.78 is 10.6. The molecule has 1 amide bonds. The van der Waals surface area contributed by atoms with Gasteiger partial charge in [0.05, 0.1) is 19.9 Å². The number of amides is 1. The maximum absolute atomic E-state index is 13.1. The summed E-state index contributed by atoms with van der Waals surface area (Å²) in [4.78, 5) is 13.1. The smallest absolute Gasteiger partial charge is 0.281 e. The predicted molar refractivity (Wildman–Crippen MR) is 116 cm³/mol. The number of hydrazone groups is 1. The van der Waals surface area contributed by atoms with Crippen LogP contribution in [0.5, 0.6) is 11.5 Å². The Balaban J connectivity index is 1.92. The molecule has 3 aromatic rings. The first-order valence-electron chi connectivity index (χ1n) is 9.41. The van der Waals surface area contributed by atoms with E-state index < -0.39 is 11.5 Å². The second-order valence-electron chi connectivity index (χ2n) is 6.65. The van der Waals surface area contributed by atoms with Gasteiger partial charge in [-0.2, -0.15) is 5.10 Å². The van der Waals surface area contributed by atoms with E-state index in [1.807, 2.05) is 18.2 Å². The highest BCUT2D eigenvalue weighted by atomic mass is 16.5. The standard InChI is InChI=1S/C24H24N2O4/c1-17(18-14-15-21(29-2)22(16-18)30-3)25-26-23(27)24(28,19-10-6-4-7-11-19)20-12-8-5-9-13-20/h4-16,28H,1-3H3,(H,26,27). The van der Waals surface area contributed by atoms with E-state index in [1.165, 1.54) is 0 Å². The number of hydrogen-bond acceptors (Lipinski definition) is 5. The van der Waals surface area contributed by atoms with Gasteiger partial charge in [-0.3, -0.25) is 4.79 Å². The van der Waals surface area contributed by atoms with Crippen LogP contribution in [0.15, 0.2) is 84.0 Å². The van der Waals surface area contributed by atoms with E-state index in [2.05, 4.69) is 10.5 Å². The first-order valence-corrected chi connectivity index (χ1v) is 9.41. The van der Waals surface area contributed by atoms with Gasteiger partial charge in [0, 0.05) is 5.56 Å². The Morgan fingerprint density at radius 1 is 0.867 bits per heavy atom. The van der Waals surface area contributed by atoms with Crippen molar-refractivity contribution in [2.45, 2.75) is 12.5 Å². The fourth-order valence-corrected chi connectivity index (χ4v) is 3.13. The Kier molecular flexibility index (Phi) is 6.49. The van der Waals surface area contributed by atoms with Crippen molar-refractivity contribution in [1.29, 1.82) is 0 Å². The van der Waals surface area contributed by atoms with Crippen LogP contribution >= 0.6 is 0 Å². The first-order chi connectivity index (χ1) is 14.5. The summed E-state index contributed by atoms with van der Waals surface area (Å²) in [7, 11) is 3.11. The highest BCUT2D eigenvalue weighted by molar-refractivity contribution is 6.00. The summed E-state index contributed by atoms with van der Waals surface area (Å²) in [5, 5.41) is 15.6. The van der Waals surface area contributed by atoms with Gasteiger partial charge in [0.1, 0.15) is 0 Å². The summed E-state index contributed by atoms with van der Waals surface area (Å²) in [6.07, 6.45) is 0. The van der Waals surface area contributed by atoms with Crippen molar-refractivity contribution in [3.8, 4) is 11.5 Å². The predicted octanol–water partition coefficient (Wildman–Crippen LogP) is 3.48. The van der Waals surface area contributed by atoms with Gasteiger partial charge in [-0.1, -0.05) is 60.7 Å². The van der Waals surface area contributed by atoms with Crippen LogP contribution in [-0.2, 0) is 10.4 Å². The lowest BCUT2D eigenvalue weighted by Gasteiger charge is -2.27. The third-order valence-electron chi connectivity index (χ3n) is 4.84. The van der Waals surface area contributed by atoms with E-state index in [9.17, 15) is 9.90 Å². The molecule has 0 aromatic heterocycles. The van der Waals surface area contributed by atoms with Gasteiger partial charge >= 0.3 is 0 Å². The fraction of sp³-hybridized carbons (Fsp3) is 0.167. The quantitative estimate of drug-likeness (QED) is 0.467. The maximum atomic E-state index is 13.1. The minimum absolute atomic E-state index is 0.452. The molecule has 0 saturated carbocycles. The molecule has 0 aliphatic heterocycles. The van der Waals surface area contributed by atoms with E-state index in [4.69, 9.17) is 9.47 Å². The molecule has 0 fully saturated rings. The lowest BCUT2D eigenvalue weighted by molar-refractivity contribution is -0.136. The van der Waals surface area contributed by atoms with Crippen LogP contribution in [0.4, 0.5) is 0 Å². The molecule has 0 heterocycles. The molecule has 0 bridgehead atoms. The fourth-order valence-electron chi connectivity index (χ4n) is 3.13. The van der Waals surface area contributed by atoms with E-state index >= 15 is 0 Å². The number of ether oxygens (including phenoxy) is 2. The Morgan fingerprint density at radius 3 is 1.90 bits per heavy atom. The monoisotopic (exact) mass is 404 g/mol. The highest BCUT2D eigenvalue weighted by Gasteiger charge is 2.39. The minimum atomic E-state index is -1.89. The molecule has 0 aliphatic carbocycles. The van der Waals surface area contributed by atoms with Crippen molar-refractivity contribution in [2.24, 2.45) is 5.10 Å². The van der Waals surface area contributed by atoms with Crippen LogP contribution in [0.1, 0.15) is 23.6 Å². The van der Waals surface area contributed by atoms with Crippen molar-refractivity contribution in [3.05, 3.63) is 95.6 Å². The van der Waals surface area contributed by atoms with Gasteiger partial charge in [-0.05, 0) is 36.2 Å². The van der Waals surface area contributed by atoms with Gasteiger partial charge in [0.15, 0.2) is 17.1 Å². The molecule has 3 rings (SSSR count). The van der Waals surface area contributed by atoms with Crippen LogP contribution in [0.3, 0.4) is 0 Å². The number of aliphatic hydroxyl groups is 1. The number of carbonyl (C=O) groups excluding carboxylic acids is 1. The average Bonchev–Trinajstić information content (AvgIpc) is 2.82. The number of nitrogens with zero attached hydrogens (tertiary/aromatic N) is 1. The Hall–Kier alpha value is -3.64. The zero-order valence-electron chi connectivity index (χ0n) is 17.1. The minimum Gasteiger partial charge on any atom is -0.493 e. The van der Waals surface area contributed by atoms with Crippen molar-refractivity contribution < 1.29 is 19.4 Å². The normalized spacial score (nSPS) is 11.7. The molecule has 3 aromatic carbocycles. The lowest BCUT2D eigenvalue weighted by atomic mass is 9.85. The first kappa shape index (κ1) is 21.1. The third-order valence-corrected chi connectivity index (χ3v) is 4.84. The molecule has 0 saturated heterocycles. The van der Waals surface area contributed by atoms with Crippen LogP contribution in [0, 0.1) is 0 Å². The third kappa shape index (κ3) is 4.18. The summed E-state index contributed by atoms with van der Waals surface area (Å²) in [6.45, 7) is 1.76. The number of carbonyl (C=O) groups is 1. The lowest BCUT2D eigenvalue weighted by Crippen LogP contribution is -2.43. The molecule has 30 heavy (non-hydrogen) atoms. The van der Waals surface area contributed by atoms with Crippen LogP contribution in [-0.4, -0.2) is 30.9 Å². The number of methoxy groups -OCH3 is 2. The van der Waals surface area contributed by atoms with Gasteiger partial charge < -0.3 is 14.6 Å². The van der Waals surface area contributed by atoms with Gasteiger partial charge in [-0.25, -0.2) is 5.43 Å². The van der Waals surface area contributed by atoms with Crippen LogP contribution in [0.25, 0.3) is 0 Å². The molecule has 6 heteroatoms. The van der Waals surface area contributed by atoms with Crippen molar-refractivity contribution >= 4 is 11.6 Å². The van der Waals surface area contributed by atoms with Crippen LogP contribution < -0.4 is 14.9 Å². The van der Waals surface area contributed by atoms with Gasteiger partial charge in [0.2, 0.25) is 0 Å². The molecule has 0 aliphatic rings. The molecule has 0 spiro atoms. The SMILES string of the molecule is COc1ccc(C(C)=NNC(=O)C(O)(c2ccccc2)c2ccccc2)cc1OC. The molecule has 6 nitrogen and oxygen atoms in total. The molecular formula is C24H24N2O4. The Labute approximate surface area is 175 Å². The molecule has 0 atom stereocenters. The Bertz CT molecular complexity index is 994. The molecule has 0 unspecified atom stereocenters. The highest BCUT2D eigenvalue weighted by Crippen LogP contribution is 2.30. The number of benzene rings is 3. The topological polar surface area (TPSA) is 80.2 Å². The van der Waals surface area contributed by atoms with E-state index in [-0.39, 0.29) is 0 Å². The van der Waals surface area contributed by atoms with Gasteiger partial charge in [-0.15, -0.1) is 0 Å². The summed E-state index contributed by atoms with van der Waals surface area (Å²) in [6, 6.07) is 22.9. The number of rotatable bonds is 7. The largest absolute Gasteiger partial charge is 0.493 e. The van der Waals surface area contributed by atoms with E-state index in [0.717, 1.165) is 5.56 Å². The summed E-state index contributed by atoms with van der Waals surface area (Å²) >= 11 is 0. The molecule has 0 radical (unpaired) electrons. The maximum Gasteiger partial charge on any atom is 0.281 e. The van der Waals surface area contributed by atoms with Gasteiger partial charge in [0.25, 0.3) is 5.91 Å². The molecule has 154 valence electrons. The molecule has 2 N–H and O–H groups in total. The van der Waals surface area contributed by atoms with E-state index in [0.29, 0.717) is 28.3 Å². The summed E-state index contributed by atoms with van der Waals surface area (Å²) in [5.74, 6) is 0.501. The van der Waals surface area contributed by atoms with Crippen molar-refractivity contribution in [2.75, 3.05) is 14.2 Å². The second kappa shape index (κ2) is 9.24.